The van der Waals surface area contributed by atoms with Crippen molar-refractivity contribution in [2.75, 3.05) is 26.2 Å². The number of nitrogens with zero attached hydrogens (tertiary/aromatic N) is 2. The van der Waals surface area contributed by atoms with Crippen LogP contribution in [0.15, 0.2) is 66.7 Å². The van der Waals surface area contributed by atoms with E-state index < -0.39 is 12.0 Å². The molecule has 200 valence electrons. The number of carbonyl (C=O) groups excluding carboxylic acids is 1. The van der Waals surface area contributed by atoms with Gasteiger partial charge in [-0.05, 0) is 60.4 Å². The molecule has 3 atom stereocenters. The summed E-state index contributed by atoms with van der Waals surface area (Å²) < 4.78 is 0. The van der Waals surface area contributed by atoms with Crippen LogP contribution in [0.2, 0.25) is 0 Å². The van der Waals surface area contributed by atoms with Crippen LogP contribution in [0.4, 0.5) is 0 Å². The highest BCUT2D eigenvalue weighted by atomic mass is 16.4. The fraction of sp³-hybridized carbons (Fsp3) is 0.484. The molecule has 1 amide bonds. The zero-order valence-corrected chi connectivity index (χ0v) is 22.5. The molecule has 1 fully saturated rings. The van der Waals surface area contributed by atoms with Gasteiger partial charge in [-0.25, -0.2) is 4.79 Å². The van der Waals surface area contributed by atoms with Crippen molar-refractivity contribution in [1.82, 2.24) is 9.80 Å². The van der Waals surface area contributed by atoms with Crippen LogP contribution in [-0.2, 0) is 21.4 Å². The van der Waals surface area contributed by atoms with Crippen LogP contribution in [0.3, 0.4) is 0 Å². The van der Waals surface area contributed by atoms with Crippen LogP contribution in [0, 0.1) is 5.92 Å². The Morgan fingerprint density at radius 2 is 1.92 bits per heavy atom. The quantitative estimate of drug-likeness (QED) is 0.384. The zero-order chi connectivity index (χ0) is 26.8. The van der Waals surface area contributed by atoms with E-state index in [0.29, 0.717) is 38.3 Å². The molecule has 0 bridgehead atoms. The number of aromatic hydroxyl groups is 1. The first-order chi connectivity index (χ1) is 17.7. The van der Waals surface area contributed by atoms with Gasteiger partial charge in [0, 0.05) is 32.5 Å². The lowest BCUT2D eigenvalue weighted by Crippen LogP contribution is -2.50. The Hall–Kier alpha value is -3.12. The predicted octanol–water partition coefficient (Wildman–Crippen LogP) is 5.26. The molecule has 6 heteroatoms. The van der Waals surface area contributed by atoms with E-state index in [2.05, 4.69) is 31.7 Å². The van der Waals surface area contributed by atoms with Gasteiger partial charge in [0.05, 0.1) is 0 Å². The van der Waals surface area contributed by atoms with Gasteiger partial charge in [-0.1, -0.05) is 75.4 Å². The maximum atomic E-state index is 13.4. The van der Waals surface area contributed by atoms with Crippen molar-refractivity contribution in [3.05, 3.63) is 77.9 Å². The minimum atomic E-state index is -0.967. The number of carbonyl (C=O) groups is 2. The average Bonchev–Trinajstić information content (AvgIpc) is 2.89. The summed E-state index contributed by atoms with van der Waals surface area (Å²) in [6, 6.07) is 16.2. The number of carboxylic acid groups (broad SMARTS) is 1. The van der Waals surface area contributed by atoms with Crippen molar-refractivity contribution in [1.29, 1.82) is 0 Å². The lowest BCUT2D eigenvalue weighted by Gasteiger charge is -2.45. The molecule has 1 aliphatic heterocycles. The number of allylic oxidation sites excluding steroid dienone is 1. The molecule has 1 saturated heterocycles. The second-order valence-electron chi connectivity index (χ2n) is 10.5. The van der Waals surface area contributed by atoms with Crippen molar-refractivity contribution in [3.8, 4) is 5.75 Å². The Morgan fingerprint density at radius 1 is 1.16 bits per heavy atom. The van der Waals surface area contributed by atoms with E-state index in [9.17, 15) is 19.8 Å². The molecule has 1 heterocycles. The standard InChI is InChI=1S/C31H42N2O4/c1-4-5-6-10-18-33(28(30(36)37)21-25-12-8-7-9-13-25)29(35)16-19-32-20-17-31(3,24(2)23-32)26-14-11-15-27(34)22-26/h5-9,11-15,22,24,28,34H,4,10,16-21,23H2,1-3H3,(H,36,37)/t24-,28-,31+/m0/s1. The highest BCUT2D eigenvalue weighted by molar-refractivity contribution is 5.84. The van der Waals surface area contributed by atoms with E-state index in [4.69, 9.17) is 0 Å². The van der Waals surface area contributed by atoms with Gasteiger partial charge in [0.2, 0.25) is 5.91 Å². The van der Waals surface area contributed by atoms with Gasteiger partial charge < -0.3 is 20.0 Å². The second kappa shape index (κ2) is 13.4. The Kier molecular flexibility index (Phi) is 10.3. The summed E-state index contributed by atoms with van der Waals surface area (Å²) in [6.07, 6.45) is 7.15. The van der Waals surface area contributed by atoms with Gasteiger partial charge in [-0.2, -0.15) is 0 Å². The summed E-state index contributed by atoms with van der Waals surface area (Å²) in [5.41, 5.74) is 2.01. The van der Waals surface area contributed by atoms with E-state index in [1.165, 1.54) is 0 Å². The minimum Gasteiger partial charge on any atom is -0.508 e. The van der Waals surface area contributed by atoms with E-state index in [0.717, 1.165) is 37.1 Å². The third-order valence-electron chi connectivity index (χ3n) is 7.91. The normalized spacial score (nSPS) is 21.1. The number of carboxylic acids is 1. The fourth-order valence-electron chi connectivity index (χ4n) is 5.33. The van der Waals surface area contributed by atoms with Gasteiger partial charge in [-0.15, -0.1) is 0 Å². The molecule has 6 nitrogen and oxygen atoms in total. The third kappa shape index (κ3) is 7.68. The number of hydrogen-bond acceptors (Lipinski definition) is 4. The Morgan fingerprint density at radius 3 is 2.57 bits per heavy atom. The molecule has 0 aromatic heterocycles. The Balaban J connectivity index is 1.66. The van der Waals surface area contributed by atoms with Crippen LogP contribution in [0.5, 0.6) is 5.75 Å². The summed E-state index contributed by atoms with van der Waals surface area (Å²) in [5, 5.41) is 20.0. The highest BCUT2D eigenvalue weighted by Gasteiger charge is 2.38. The van der Waals surface area contributed by atoms with Gasteiger partial charge in [0.15, 0.2) is 0 Å². The lowest BCUT2D eigenvalue weighted by atomic mass is 9.68. The molecule has 2 aromatic rings. The number of rotatable bonds is 12. The SMILES string of the molecule is CCC=CCCN(C(=O)CCN1CC[C@@](C)(c2cccc(O)c2)[C@@H](C)C1)[C@@H](Cc1ccccc1)C(=O)O. The maximum absolute atomic E-state index is 13.4. The first kappa shape index (κ1) is 28.5. The summed E-state index contributed by atoms with van der Waals surface area (Å²) in [5.74, 6) is -0.443. The first-order valence-electron chi connectivity index (χ1n) is 13.5. The molecule has 0 unspecified atom stereocenters. The largest absolute Gasteiger partial charge is 0.508 e. The predicted molar refractivity (Wildman–Crippen MR) is 148 cm³/mol. The molecule has 3 rings (SSSR count). The van der Waals surface area contributed by atoms with E-state index in [-0.39, 0.29) is 17.1 Å². The topological polar surface area (TPSA) is 81.1 Å². The number of aliphatic carboxylic acids is 1. The smallest absolute Gasteiger partial charge is 0.326 e. The molecule has 0 radical (unpaired) electrons. The number of phenols is 1. The number of phenolic OH excluding ortho intramolecular Hbond substituents is 1. The zero-order valence-electron chi connectivity index (χ0n) is 22.5. The van der Waals surface area contributed by atoms with Crippen molar-refractivity contribution in [2.24, 2.45) is 5.92 Å². The van der Waals surface area contributed by atoms with Crippen LogP contribution >= 0.6 is 0 Å². The molecular formula is C31H42N2O4. The van der Waals surface area contributed by atoms with E-state index in [1.54, 1.807) is 11.0 Å². The molecular weight excluding hydrogens is 464 g/mol. The van der Waals surface area contributed by atoms with Crippen molar-refractivity contribution >= 4 is 11.9 Å². The summed E-state index contributed by atoms with van der Waals surface area (Å²) in [7, 11) is 0. The highest BCUT2D eigenvalue weighted by Crippen LogP contribution is 2.40. The third-order valence-corrected chi connectivity index (χ3v) is 7.91. The fourth-order valence-corrected chi connectivity index (χ4v) is 5.33. The monoisotopic (exact) mass is 506 g/mol. The van der Waals surface area contributed by atoms with Crippen LogP contribution in [0.25, 0.3) is 0 Å². The molecule has 1 aliphatic rings. The number of benzene rings is 2. The van der Waals surface area contributed by atoms with E-state index in [1.807, 2.05) is 54.6 Å². The Labute approximate surface area is 221 Å². The van der Waals surface area contributed by atoms with E-state index >= 15 is 0 Å². The van der Waals surface area contributed by atoms with Crippen molar-refractivity contribution in [2.45, 2.75) is 64.3 Å². The maximum Gasteiger partial charge on any atom is 0.326 e. The first-order valence-corrected chi connectivity index (χ1v) is 13.5. The molecule has 37 heavy (non-hydrogen) atoms. The molecule has 0 aliphatic carbocycles. The van der Waals surface area contributed by atoms with Gasteiger partial charge in [0.1, 0.15) is 11.8 Å². The number of piperidine rings is 1. The lowest BCUT2D eigenvalue weighted by molar-refractivity contribution is -0.150. The second-order valence-corrected chi connectivity index (χ2v) is 10.5. The number of hydrogen-bond donors (Lipinski definition) is 2. The molecule has 0 spiro atoms. The number of likely N-dealkylation sites (tertiary alicyclic amines) is 1. The summed E-state index contributed by atoms with van der Waals surface area (Å²) in [4.78, 5) is 29.6. The average molecular weight is 507 g/mol. The molecule has 0 saturated carbocycles. The Bertz CT molecular complexity index is 1050. The van der Waals surface area contributed by atoms with Crippen LogP contribution in [-0.4, -0.2) is 64.1 Å². The van der Waals surface area contributed by atoms with Crippen LogP contribution in [0.1, 0.15) is 57.6 Å². The van der Waals surface area contributed by atoms with Crippen molar-refractivity contribution < 1.29 is 19.8 Å². The summed E-state index contributed by atoms with van der Waals surface area (Å²) >= 11 is 0. The van der Waals surface area contributed by atoms with Gasteiger partial charge >= 0.3 is 5.97 Å². The van der Waals surface area contributed by atoms with Gasteiger partial charge in [-0.3, -0.25) is 4.79 Å². The van der Waals surface area contributed by atoms with Crippen LogP contribution < -0.4 is 0 Å². The van der Waals surface area contributed by atoms with Crippen molar-refractivity contribution in [3.63, 3.8) is 0 Å². The number of amides is 1. The molecule has 2 N–H and O–H groups in total. The summed E-state index contributed by atoms with van der Waals surface area (Å²) in [6.45, 7) is 9.25. The minimum absolute atomic E-state index is 0.0407. The molecule has 2 aromatic carbocycles. The van der Waals surface area contributed by atoms with Gasteiger partial charge in [0.25, 0.3) is 0 Å².